The molecule has 0 aliphatic carbocycles. The van der Waals surface area contributed by atoms with E-state index >= 15 is 0 Å². The van der Waals surface area contributed by atoms with Crippen molar-refractivity contribution >= 4 is 17.4 Å². The normalized spacial score (nSPS) is 20.6. The average molecular weight is 311 g/mol. The van der Waals surface area contributed by atoms with Crippen molar-refractivity contribution < 1.29 is 14.3 Å². The van der Waals surface area contributed by atoms with Crippen LogP contribution in [0.1, 0.15) is 45.1 Å². The Balaban J connectivity index is 1.74. The second-order valence-corrected chi connectivity index (χ2v) is 7.55. The topological polar surface area (TPSA) is 38.8 Å². The van der Waals surface area contributed by atoms with Crippen LogP contribution in [0.5, 0.6) is 0 Å². The van der Waals surface area contributed by atoms with E-state index in [1.165, 1.54) is 4.88 Å². The summed E-state index contributed by atoms with van der Waals surface area (Å²) < 4.78 is 11.3. The highest BCUT2D eigenvalue weighted by molar-refractivity contribution is 7.10. The van der Waals surface area contributed by atoms with Gasteiger partial charge in [-0.2, -0.15) is 0 Å². The van der Waals surface area contributed by atoms with Crippen molar-refractivity contribution in [1.82, 2.24) is 4.90 Å². The molecule has 1 aliphatic rings. The molecular weight excluding hydrogens is 286 g/mol. The smallest absolute Gasteiger partial charge is 0.410 e. The van der Waals surface area contributed by atoms with Gasteiger partial charge in [0.15, 0.2) is 0 Å². The maximum atomic E-state index is 12.0. The van der Waals surface area contributed by atoms with Crippen molar-refractivity contribution in [3.8, 4) is 0 Å². The van der Waals surface area contributed by atoms with Crippen molar-refractivity contribution in [2.24, 2.45) is 5.92 Å². The summed E-state index contributed by atoms with van der Waals surface area (Å²) in [4.78, 5) is 15.0. The number of carbonyl (C=O) groups excluding carboxylic acids is 1. The lowest BCUT2D eigenvalue weighted by atomic mass is 10.1. The van der Waals surface area contributed by atoms with E-state index in [0.717, 1.165) is 19.5 Å². The van der Waals surface area contributed by atoms with Crippen LogP contribution in [0.25, 0.3) is 0 Å². The predicted octanol–water partition coefficient (Wildman–Crippen LogP) is 4.08. The fourth-order valence-electron chi connectivity index (χ4n) is 2.35. The van der Waals surface area contributed by atoms with Crippen LogP contribution in [0.4, 0.5) is 4.79 Å². The largest absolute Gasteiger partial charge is 0.444 e. The summed E-state index contributed by atoms with van der Waals surface area (Å²) in [6, 6.07) is 4.14. The van der Waals surface area contributed by atoms with Crippen molar-refractivity contribution in [3.63, 3.8) is 0 Å². The fraction of sp³-hybridized carbons (Fsp3) is 0.688. The molecule has 0 bridgehead atoms. The molecule has 4 nitrogen and oxygen atoms in total. The van der Waals surface area contributed by atoms with E-state index in [1.807, 2.05) is 26.8 Å². The summed E-state index contributed by atoms with van der Waals surface area (Å²) >= 11 is 1.72. The third-order valence-electron chi connectivity index (χ3n) is 3.46. The Hall–Kier alpha value is -1.07. The van der Waals surface area contributed by atoms with Crippen molar-refractivity contribution in [2.45, 2.75) is 45.8 Å². The number of carbonyl (C=O) groups is 1. The zero-order chi connectivity index (χ0) is 15.5. The number of hydrogen-bond donors (Lipinski definition) is 0. The highest BCUT2D eigenvalue weighted by Gasteiger charge is 2.30. The molecule has 1 aromatic heterocycles. The van der Waals surface area contributed by atoms with E-state index in [-0.39, 0.29) is 12.2 Å². The first kappa shape index (κ1) is 16.3. The van der Waals surface area contributed by atoms with Crippen LogP contribution in [0.2, 0.25) is 0 Å². The van der Waals surface area contributed by atoms with Crippen molar-refractivity contribution in [2.75, 3.05) is 19.7 Å². The Morgan fingerprint density at radius 1 is 1.52 bits per heavy atom. The number of likely N-dealkylation sites (tertiary alicyclic amines) is 1. The minimum atomic E-state index is -0.431. The number of thiophene rings is 1. The van der Waals surface area contributed by atoms with Gasteiger partial charge >= 0.3 is 6.09 Å². The first-order valence-electron chi connectivity index (χ1n) is 7.48. The highest BCUT2D eigenvalue weighted by atomic mass is 32.1. The summed E-state index contributed by atoms with van der Waals surface area (Å²) in [6.07, 6.45) is 0.896. The molecule has 1 aliphatic heterocycles. The molecule has 2 rings (SSSR count). The molecule has 21 heavy (non-hydrogen) atoms. The van der Waals surface area contributed by atoms with Gasteiger partial charge in [-0.15, -0.1) is 11.3 Å². The molecule has 0 saturated carbocycles. The monoisotopic (exact) mass is 311 g/mol. The van der Waals surface area contributed by atoms with Gasteiger partial charge in [-0.25, -0.2) is 4.79 Å². The molecule has 0 unspecified atom stereocenters. The summed E-state index contributed by atoms with van der Waals surface area (Å²) in [5.74, 6) is 0.403. The molecule has 1 fully saturated rings. The Morgan fingerprint density at radius 3 is 2.90 bits per heavy atom. The van der Waals surface area contributed by atoms with Gasteiger partial charge in [0, 0.05) is 23.9 Å². The highest BCUT2D eigenvalue weighted by Crippen LogP contribution is 2.25. The van der Waals surface area contributed by atoms with E-state index in [4.69, 9.17) is 9.47 Å². The summed E-state index contributed by atoms with van der Waals surface area (Å²) in [6.45, 7) is 9.94. The lowest BCUT2D eigenvalue weighted by Crippen LogP contribution is -2.35. The van der Waals surface area contributed by atoms with Crippen LogP contribution in [-0.4, -0.2) is 36.3 Å². The SMILES string of the molecule is C[C@@H](OC[C@@H]1CCN(C(=O)OC(C)(C)C)C1)c1cccs1. The average Bonchev–Trinajstić information content (AvgIpc) is 3.05. The van der Waals surface area contributed by atoms with Gasteiger partial charge in [-0.1, -0.05) is 6.07 Å². The standard InChI is InChI=1S/C16H25NO3S/c1-12(14-6-5-9-21-14)19-11-13-7-8-17(10-13)15(18)20-16(2,3)4/h5-6,9,12-13H,7-8,10-11H2,1-4H3/t12-,13-/m1/s1. The Labute approximate surface area is 131 Å². The molecule has 0 radical (unpaired) electrons. The van der Waals surface area contributed by atoms with Gasteiger partial charge in [0.1, 0.15) is 5.60 Å². The van der Waals surface area contributed by atoms with E-state index in [2.05, 4.69) is 18.4 Å². The lowest BCUT2D eigenvalue weighted by molar-refractivity contribution is 0.0238. The van der Waals surface area contributed by atoms with Gasteiger partial charge in [-0.05, 0) is 45.6 Å². The number of ether oxygens (including phenoxy) is 2. The van der Waals surface area contributed by atoms with Gasteiger partial charge in [0.2, 0.25) is 0 Å². The molecule has 1 saturated heterocycles. The Kier molecular flexibility index (Phi) is 5.27. The zero-order valence-electron chi connectivity index (χ0n) is 13.3. The summed E-state index contributed by atoms with van der Waals surface area (Å²) in [7, 11) is 0. The van der Waals surface area contributed by atoms with E-state index in [1.54, 1.807) is 16.2 Å². The second kappa shape index (κ2) is 6.79. The quantitative estimate of drug-likeness (QED) is 0.841. The minimum Gasteiger partial charge on any atom is -0.444 e. The van der Waals surface area contributed by atoms with Crippen LogP contribution < -0.4 is 0 Å². The molecule has 118 valence electrons. The molecule has 1 amide bonds. The maximum Gasteiger partial charge on any atom is 0.410 e. The third kappa shape index (κ3) is 5.00. The van der Waals surface area contributed by atoms with E-state index < -0.39 is 5.60 Å². The van der Waals surface area contributed by atoms with E-state index in [0.29, 0.717) is 12.5 Å². The predicted molar refractivity (Wildman–Crippen MR) is 84.6 cm³/mol. The molecule has 0 aromatic carbocycles. The molecular formula is C16H25NO3S. The first-order valence-corrected chi connectivity index (χ1v) is 8.36. The van der Waals surface area contributed by atoms with Gasteiger partial charge in [0.05, 0.1) is 12.7 Å². The summed E-state index contributed by atoms with van der Waals surface area (Å²) in [5.41, 5.74) is -0.431. The number of hydrogen-bond acceptors (Lipinski definition) is 4. The van der Waals surface area contributed by atoms with Gasteiger partial charge in [-0.3, -0.25) is 0 Å². The van der Waals surface area contributed by atoms with Crippen LogP contribution in [0.3, 0.4) is 0 Å². The van der Waals surface area contributed by atoms with Crippen LogP contribution in [0, 0.1) is 5.92 Å². The first-order chi connectivity index (χ1) is 9.85. The molecule has 2 heterocycles. The molecule has 0 N–H and O–H groups in total. The van der Waals surface area contributed by atoms with Crippen LogP contribution in [0.15, 0.2) is 17.5 Å². The maximum absolute atomic E-state index is 12.0. The van der Waals surface area contributed by atoms with Crippen LogP contribution in [-0.2, 0) is 9.47 Å². The molecule has 2 atom stereocenters. The molecule has 5 heteroatoms. The molecule has 1 aromatic rings. The zero-order valence-corrected chi connectivity index (χ0v) is 14.1. The molecule has 0 spiro atoms. The summed E-state index contributed by atoms with van der Waals surface area (Å²) in [5, 5.41) is 2.06. The Morgan fingerprint density at radius 2 is 2.29 bits per heavy atom. The van der Waals surface area contributed by atoms with E-state index in [9.17, 15) is 4.79 Å². The van der Waals surface area contributed by atoms with Gasteiger partial charge in [0.25, 0.3) is 0 Å². The Bertz CT molecular complexity index is 453. The second-order valence-electron chi connectivity index (χ2n) is 6.57. The van der Waals surface area contributed by atoms with Gasteiger partial charge < -0.3 is 14.4 Å². The van der Waals surface area contributed by atoms with Crippen molar-refractivity contribution in [1.29, 1.82) is 0 Å². The van der Waals surface area contributed by atoms with Crippen LogP contribution >= 0.6 is 11.3 Å². The number of nitrogens with zero attached hydrogens (tertiary/aromatic N) is 1. The van der Waals surface area contributed by atoms with Crippen molar-refractivity contribution in [3.05, 3.63) is 22.4 Å². The minimum absolute atomic E-state index is 0.126. The fourth-order valence-corrected chi connectivity index (χ4v) is 3.08. The number of rotatable bonds is 4. The lowest BCUT2D eigenvalue weighted by Gasteiger charge is -2.24. The number of amides is 1. The third-order valence-corrected chi connectivity index (χ3v) is 4.50.